The molecule has 3 fully saturated rings. The first-order valence-electron chi connectivity index (χ1n) is 10.6. The van der Waals surface area contributed by atoms with Crippen LogP contribution in [0.4, 0.5) is 4.79 Å². The lowest BCUT2D eigenvalue weighted by Crippen LogP contribution is -2.50. The number of ether oxygens (including phenoxy) is 1. The van der Waals surface area contributed by atoms with Gasteiger partial charge in [-0.05, 0) is 38.2 Å². The van der Waals surface area contributed by atoms with E-state index in [1.54, 1.807) is 7.11 Å². The number of para-hydroxylation sites is 1. The van der Waals surface area contributed by atoms with Crippen molar-refractivity contribution in [1.82, 2.24) is 15.1 Å². The highest BCUT2D eigenvalue weighted by molar-refractivity contribution is 5.81. The van der Waals surface area contributed by atoms with E-state index in [-0.39, 0.29) is 23.3 Å². The van der Waals surface area contributed by atoms with Crippen molar-refractivity contribution >= 4 is 11.9 Å². The lowest BCUT2D eigenvalue weighted by atomic mass is 9.64. The normalized spacial score (nSPS) is 21.5. The van der Waals surface area contributed by atoms with Crippen LogP contribution in [0.25, 0.3) is 0 Å². The van der Waals surface area contributed by atoms with E-state index in [9.17, 15) is 9.59 Å². The van der Waals surface area contributed by atoms with Gasteiger partial charge in [-0.2, -0.15) is 0 Å². The van der Waals surface area contributed by atoms with Crippen molar-refractivity contribution in [2.45, 2.75) is 43.9 Å². The third kappa shape index (κ3) is 3.82. The number of nitrogens with one attached hydrogen (secondary N) is 1. The van der Waals surface area contributed by atoms with Crippen LogP contribution in [-0.2, 0) is 10.2 Å². The molecule has 4 rings (SSSR count). The van der Waals surface area contributed by atoms with Crippen molar-refractivity contribution < 1.29 is 14.3 Å². The maximum atomic E-state index is 12.8. The fourth-order valence-electron chi connectivity index (χ4n) is 4.51. The number of hydrogen-bond acceptors (Lipinski definition) is 3. The quantitative estimate of drug-likeness (QED) is 0.848. The van der Waals surface area contributed by atoms with Crippen LogP contribution in [-0.4, -0.2) is 61.6 Å². The molecule has 1 heterocycles. The molecule has 28 heavy (non-hydrogen) atoms. The van der Waals surface area contributed by atoms with Crippen molar-refractivity contribution in [1.29, 1.82) is 0 Å². The Morgan fingerprint density at radius 1 is 1.07 bits per heavy atom. The summed E-state index contributed by atoms with van der Waals surface area (Å²) in [7, 11) is 1.70. The van der Waals surface area contributed by atoms with Crippen molar-refractivity contribution in [2.24, 2.45) is 5.92 Å². The summed E-state index contributed by atoms with van der Waals surface area (Å²) in [4.78, 5) is 29.0. The lowest BCUT2D eigenvalue weighted by molar-refractivity contribution is -0.132. The number of urea groups is 1. The zero-order valence-electron chi connectivity index (χ0n) is 16.8. The Labute approximate surface area is 167 Å². The van der Waals surface area contributed by atoms with Crippen LogP contribution in [0.2, 0.25) is 0 Å². The molecular formula is C22H31N3O3. The zero-order chi connectivity index (χ0) is 19.6. The molecule has 6 nitrogen and oxygen atoms in total. The number of nitrogens with zero attached hydrogens (tertiary/aromatic N) is 2. The van der Waals surface area contributed by atoms with E-state index in [0.29, 0.717) is 26.2 Å². The molecule has 0 spiro atoms. The monoisotopic (exact) mass is 385 g/mol. The highest BCUT2D eigenvalue weighted by atomic mass is 16.5. The molecule has 0 atom stereocenters. The molecule has 2 saturated carbocycles. The van der Waals surface area contributed by atoms with Gasteiger partial charge in [0.05, 0.1) is 7.11 Å². The minimum Gasteiger partial charge on any atom is -0.496 e. The van der Waals surface area contributed by atoms with Gasteiger partial charge in [-0.15, -0.1) is 0 Å². The minimum absolute atomic E-state index is 0.0121. The van der Waals surface area contributed by atoms with E-state index in [2.05, 4.69) is 11.4 Å². The lowest BCUT2D eigenvalue weighted by Gasteiger charge is -2.43. The molecule has 1 aliphatic heterocycles. The van der Waals surface area contributed by atoms with Crippen LogP contribution in [0.15, 0.2) is 24.3 Å². The standard InChI is InChI=1S/C22H31N3O3/c1-28-19-7-3-2-6-18(19)22(10-4-11-22)16-23-21(27)25-13-5-12-24(14-15-25)20(26)17-8-9-17/h2-3,6-7,17H,4-5,8-16H2,1H3,(H,23,27). The van der Waals surface area contributed by atoms with Gasteiger partial charge in [-0.25, -0.2) is 4.79 Å². The Kier molecular flexibility index (Phi) is 5.47. The number of carbonyl (C=O) groups is 2. The van der Waals surface area contributed by atoms with Gasteiger partial charge in [0.1, 0.15) is 5.75 Å². The van der Waals surface area contributed by atoms with Gasteiger partial charge in [0, 0.05) is 49.6 Å². The highest BCUT2D eigenvalue weighted by Gasteiger charge is 2.41. The van der Waals surface area contributed by atoms with Gasteiger partial charge in [-0.1, -0.05) is 24.6 Å². The van der Waals surface area contributed by atoms with E-state index >= 15 is 0 Å². The first-order valence-corrected chi connectivity index (χ1v) is 10.6. The molecule has 152 valence electrons. The second kappa shape index (κ2) is 8.02. The summed E-state index contributed by atoms with van der Waals surface area (Å²) in [6, 6.07) is 8.13. The number of hydrogen-bond donors (Lipinski definition) is 1. The zero-order valence-corrected chi connectivity index (χ0v) is 16.8. The fourth-order valence-corrected chi connectivity index (χ4v) is 4.51. The summed E-state index contributed by atoms with van der Waals surface area (Å²) in [5.74, 6) is 1.44. The van der Waals surface area contributed by atoms with Crippen LogP contribution in [0.5, 0.6) is 5.75 Å². The third-order valence-corrected chi connectivity index (χ3v) is 6.59. The number of amides is 3. The molecule has 3 amide bonds. The average molecular weight is 386 g/mol. The van der Waals surface area contributed by atoms with Gasteiger partial charge >= 0.3 is 6.03 Å². The SMILES string of the molecule is COc1ccccc1C1(CNC(=O)N2CCCN(C(=O)C3CC3)CC2)CCC1. The van der Waals surface area contributed by atoms with Crippen LogP contribution in [0.3, 0.4) is 0 Å². The van der Waals surface area contributed by atoms with Gasteiger partial charge in [0.2, 0.25) is 5.91 Å². The first kappa shape index (κ1) is 19.1. The summed E-state index contributed by atoms with van der Waals surface area (Å²) >= 11 is 0. The Morgan fingerprint density at radius 2 is 1.79 bits per heavy atom. The van der Waals surface area contributed by atoms with E-state index in [0.717, 1.165) is 44.4 Å². The first-order chi connectivity index (χ1) is 13.6. The molecule has 0 aromatic heterocycles. The number of benzene rings is 1. The maximum Gasteiger partial charge on any atom is 0.317 e. The highest BCUT2D eigenvalue weighted by Crippen LogP contribution is 2.46. The van der Waals surface area contributed by atoms with Crippen molar-refractivity contribution in [3.05, 3.63) is 29.8 Å². The van der Waals surface area contributed by atoms with E-state index < -0.39 is 0 Å². The average Bonchev–Trinajstić information content (AvgIpc) is 3.53. The van der Waals surface area contributed by atoms with Gasteiger partial charge in [0.15, 0.2) is 0 Å². The van der Waals surface area contributed by atoms with Gasteiger partial charge < -0.3 is 19.9 Å². The number of carbonyl (C=O) groups excluding carboxylic acids is 2. The van der Waals surface area contributed by atoms with Crippen LogP contribution in [0.1, 0.15) is 44.1 Å². The number of rotatable bonds is 5. The topological polar surface area (TPSA) is 61.9 Å². The molecule has 1 N–H and O–H groups in total. The molecule has 1 aromatic rings. The summed E-state index contributed by atoms with van der Waals surface area (Å²) in [6.45, 7) is 3.38. The molecule has 1 aromatic carbocycles. The maximum absolute atomic E-state index is 12.8. The predicted octanol–water partition coefficient (Wildman–Crippen LogP) is 2.77. The van der Waals surface area contributed by atoms with Gasteiger partial charge in [-0.3, -0.25) is 4.79 Å². The van der Waals surface area contributed by atoms with Crippen molar-refractivity contribution in [3.8, 4) is 5.75 Å². The fraction of sp³-hybridized carbons (Fsp3) is 0.636. The Hall–Kier alpha value is -2.24. The molecule has 0 radical (unpaired) electrons. The Balaban J connectivity index is 1.35. The predicted molar refractivity (Wildman–Crippen MR) is 107 cm³/mol. The molecule has 2 aliphatic carbocycles. The molecule has 3 aliphatic rings. The van der Waals surface area contributed by atoms with Gasteiger partial charge in [0.25, 0.3) is 0 Å². The molecule has 0 unspecified atom stereocenters. The number of methoxy groups -OCH3 is 1. The Morgan fingerprint density at radius 3 is 2.46 bits per heavy atom. The van der Waals surface area contributed by atoms with Crippen molar-refractivity contribution in [2.75, 3.05) is 39.8 Å². The summed E-state index contributed by atoms with van der Waals surface area (Å²) in [5, 5.41) is 3.18. The van der Waals surface area contributed by atoms with E-state index in [1.807, 2.05) is 28.0 Å². The summed E-state index contributed by atoms with van der Waals surface area (Å²) in [5.41, 5.74) is 1.17. The minimum atomic E-state index is -0.0257. The van der Waals surface area contributed by atoms with Crippen molar-refractivity contribution in [3.63, 3.8) is 0 Å². The summed E-state index contributed by atoms with van der Waals surface area (Å²) < 4.78 is 5.56. The second-order valence-corrected chi connectivity index (χ2v) is 8.43. The molecular weight excluding hydrogens is 354 g/mol. The van der Waals surface area contributed by atoms with E-state index in [4.69, 9.17) is 4.74 Å². The van der Waals surface area contributed by atoms with Crippen LogP contribution < -0.4 is 10.1 Å². The Bertz CT molecular complexity index is 727. The smallest absolute Gasteiger partial charge is 0.317 e. The molecule has 1 saturated heterocycles. The molecule has 0 bridgehead atoms. The third-order valence-electron chi connectivity index (χ3n) is 6.59. The van der Waals surface area contributed by atoms with Crippen LogP contribution in [0, 0.1) is 5.92 Å². The second-order valence-electron chi connectivity index (χ2n) is 8.43. The van der Waals surface area contributed by atoms with E-state index in [1.165, 1.54) is 12.0 Å². The summed E-state index contributed by atoms with van der Waals surface area (Å²) in [6.07, 6.45) is 6.23. The molecule has 6 heteroatoms. The van der Waals surface area contributed by atoms with Crippen LogP contribution >= 0.6 is 0 Å². The largest absolute Gasteiger partial charge is 0.496 e.